The van der Waals surface area contributed by atoms with E-state index < -0.39 is 0 Å². The zero-order valence-corrected chi connectivity index (χ0v) is 13.8. The van der Waals surface area contributed by atoms with Gasteiger partial charge in [0.25, 0.3) is 5.91 Å². The van der Waals surface area contributed by atoms with E-state index >= 15 is 0 Å². The number of para-hydroxylation sites is 1. The van der Waals surface area contributed by atoms with Gasteiger partial charge in [0.1, 0.15) is 6.61 Å². The first-order valence-corrected chi connectivity index (χ1v) is 8.34. The number of aromatic nitrogens is 1. The Morgan fingerprint density at radius 3 is 3.17 bits per heavy atom. The molecule has 1 aromatic carbocycles. The van der Waals surface area contributed by atoms with Crippen molar-refractivity contribution >= 4 is 11.6 Å². The maximum absolute atomic E-state index is 13.1. The van der Waals surface area contributed by atoms with E-state index in [2.05, 4.69) is 16.1 Å². The molecule has 0 unspecified atom stereocenters. The highest BCUT2D eigenvalue weighted by Crippen LogP contribution is 2.32. The Balaban J connectivity index is 1.68. The largest absolute Gasteiger partial charge is 0.377 e. The van der Waals surface area contributed by atoms with Gasteiger partial charge in [-0.3, -0.25) is 9.69 Å². The summed E-state index contributed by atoms with van der Waals surface area (Å²) in [6.07, 6.45) is 2.32. The summed E-state index contributed by atoms with van der Waals surface area (Å²) < 4.78 is 10.2. The summed E-state index contributed by atoms with van der Waals surface area (Å²) in [6, 6.07) is 10.2. The van der Waals surface area contributed by atoms with Crippen LogP contribution in [0, 0.1) is 0 Å². The highest BCUT2D eigenvalue weighted by Gasteiger charge is 2.34. The van der Waals surface area contributed by atoms with E-state index in [1.807, 2.05) is 23.1 Å². The average molecular weight is 327 g/mol. The molecule has 6 heteroatoms. The molecule has 0 radical (unpaired) electrons. The Hall–Kier alpha value is -2.18. The van der Waals surface area contributed by atoms with Crippen molar-refractivity contribution < 1.29 is 14.1 Å². The fraction of sp³-hybridized carbons (Fsp3) is 0.444. The summed E-state index contributed by atoms with van der Waals surface area (Å²) in [5.41, 5.74) is 2.51. The number of carbonyl (C=O) groups excluding carboxylic acids is 1. The Morgan fingerprint density at radius 2 is 2.29 bits per heavy atom. The molecule has 126 valence electrons. The number of methoxy groups -OCH3 is 1. The van der Waals surface area contributed by atoms with Crippen molar-refractivity contribution in [3.05, 3.63) is 47.3 Å². The Kier molecular flexibility index (Phi) is 4.08. The molecule has 24 heavy (non-hydrogen) atoms. The molecule has 1 saturated heterocycles. The van der Waals surface area contributed by atoms with Crippen LogP contribution in [0.1, 0.15) is 34.7 Å². The van der Waals surface area contributed by atoms with Crippen LogP contribution in [-0.2, 0) is 17.9 Å². The molecule has 1 fully saturated rings. The molecular weight excluding hydrogens is 306 g/mol. The van der Waals surface area contributed by atoms with Gasteiger partial charge in [-0.1, -0.05) is 23.4 Å². The molecule has 1 amide bonds. The van der Waals surface area contributed by atoms with Crippen LogP contribution in [0.5, 0.6) is 0 Å². The van der Waals surface area contributed by atoms with Gasteiger partial charge in [-0.05, 0) is 31.0 Å². The fourth-order valence-electron chi connectivity index (χ4n) is 3.70. The van der Waals surface area contributed by atoms with Crippen LogP contribution in [0.25, 0.3) is 0 Å². The number of anilines is 1. The maximum atomic E-state index is 13.1. The standard InChI is InChI=1S/C18H21N3O3/c1-23-12-15-9-16(19-24-15)18(22)21-11-14-6-4-8-20(14)10-13-5-2-3-7-17(13)21/h2-3,5,7,9,14H,4,6,8,10-12H2,1H3/t14-/m1/s1. The van der Waals surface area contributed by atoms with Crippen molar-refractivity contribution in [2.45, 2.75) is 32.0 Å². The number of benzene rings is 1. The molecule has 2 aromatic rings. The third-order valence-corrected chi connectivity index (χ3v) is 4.86. The van der Waals surface area contributed by atoms with Gasteiger partial charge < -0.3 is 14.2 Å². The Bertz CT molecular complexity index is 743. The molecule has 0 bridgehead atoms. The van der Waals surface area contributed by atoms with Gasteiger partial charge in [0.2, 0.25) is 0 Å². The van der Waals surface area contributed by atoms with Crippen molar-refractivity contribution in [1.82, 2.24) is 10.1 Å². The number of fused-ring (bicyclic) bond motifs is 2. The first-order chi connectivity index (χ1) is 11.8. The number of hydrogen-bond donors (Lipinski definition) is 0. The van der Waals surface area contributed by atoms with Crippen molar-refractivity contribution in [2.75, 3.05) is 25.1 Å². The predicted molar refractivity (Wildman–Crippen MR) is 88.8 cm³/mol. The minimum Gasteiger partial charge on any atom is -0.377 e. The normalized spacial score (nSPS) is 20.5. The minimum atomic E-state index is -0.109. The smallest absolute Gasteiger partial charge is 0.280 e. The van der Waals surface area contributed by atoms with E-state index in [0.717, 1.165) is 25.2 Å². The molecule has 3 heterocycles. The molecule has 2 aliphatic rings. The molecule has 0 saturated carbocycles. The molecule has 1 aromatic heterocycles. The number of amides is 1. The second-order valence-electron chi connectivity index (χ2n) is 6.42. The third-order valence-electron chi connectivity index (χ3n) is 4.86. The van der Waals surface area contributed by atoms with Crippen molar-refractivity contribution in [2.24, 2.45) is 0 Å². The summed E-state index contributed by atoms with van der Waals surface area (Å²) in [5.74, 6) is 0.453. The van der Waals surface area contributed by atoms with E-state index in [9.17, 15) is 4.79 Å². The quantitative estimate of drug-likeness (QED) is 0.867. The van der Waals surface area contributed by atoms with Gasteiger partial charge in [-0.15, -0.1) is 0 Å². The number of carbonyl (C=O) groups is 1. The van der Waals surface area contributed by atoms with Crippen molar-refractivity contribution in [1.29, 1.82) is 0 Å². The van der Waals surface area contributed by atoms with Crippen LogP contribution in [-0.4, -0.2) is 42.2 Å². The third kappa shape index (κ3) is 2.72. The van der Waals surface area contributed by atoms with Gasteiger partial charge in [-0.2, -0.15) is 0 Å². The second-order valence-corrected chi connectivity index (χ2v) is 6.42. The van der Waals surface area contributed by atoms with Gasteiger partial charge in [0.15, 0.2) is 11.5 Å². The Morgan fingerprint density at radius 1 is 1.42 bits per heavy atom. The molecule has 2 aliphatic heterocycles. The van der Waals surface area contributed by atoms with Crippen LogP contribution in [0.15, 0.2) is 34.9 Å². The lowest BCUT2D eigenvalue weighted by molar-refractivity contribution is 0.0971. The van der Waals surface area contributed by atoms with Gasteiger partial charge in [-0.25, -0.2) is 0 Å². The Labute approximate surface area is 141 Å². The van der Waals surface area contributed by atoms with Gasteiger partial charge >= 0.3 is 0 Å². The SMILES string of the molecule is COCc1cc(C(=O)N2C[C@H]3CCCN3Cc3ccccc32)no1. The van der Waals surface area contributed by atoms with E-state index in [1.165, 1.54) is 12.0 Å². The van der Waals surface area contributed by atoms with Crippen LogP contribution in [0.2, 0.25) is 0 Å². The molecule has 0 aliphatic carbocycles. The van der Waals surface area contributed by atoms with Crippen molar-refractivity contribution in [3.63, 3.8) is 0 Å². The fourth-order valence-corrected chi connectivity index (χ4v) is 3.70. The summed E-state index contributed by atoms with van der Waals surface area (Å²) in [4.78, 5) is 17.4. The van der Waals surface area contributed by atoms with Crippen molar-refractivity contribution in [3.8, 4) is 0 Å². The highest BCUT2D eigenvalue weighted by atomic mass is 16.5. The summed E-state index contributed by atoms with van der Waals surface area (Å²) in [5, 5.41) is 3.94. The molecule has 0 N–H and O–H groups in total. The maximum Gasteiger partial charge on any atom is 0.280 e. The number of rotatable bonds is 3. The first kappa shape index (κ1) is 15.4. The summed E-state index contributed by atoms with van der Waals surface area (Å²) in [7, 11) is 1.59. The van der Waals surface area contributed by atoms with Gasteiger partial charge in [0, 0.05) is 38.0 Å². The van der Waals surface area contributed by atoms with Crippen LogP contribution in [0.4, 0.5) is 5.69 Å². The topological polar surface area (TPSA) is 58.8 Å². The molecule has 1 atom stereocenters. The molecule has 6 nitrogen and oxygen atoms in total. The monoisotopic (exact) mass is 327 g/mol. The number of hydrogen-bond acceptors (Lipinski definition) is 5. The van der Waals surface area contributed by atoms with Crippen LogP contribution in [0.3, 0.4) is 0 Å². The molecule has 4 rings (SSSR count). The van der Waals surface area contributed by atoms with Gasteiger partial charge in [0.05, 0.1) is 0 Å². The minimum absolute atomic E-state index is 0.109. The zero-order valence-electron chi connectivity index (χ0n) is 13.8. The lowest BCUT2D eigenvalue weighted by Crippen LogP contribution is -2.40. The zero-order chi connectivity index (χ0) is 16.5. The van der Waals surface area contributed by atoms with E-state index in [0.29, 0.717) is 30.6 Å². The molecule has 0 spiro atoms. The van der Waals surface area contributed by atoms with Crippen LogP contribution >= 0.6 is 0 Å². The van der Waals surface area contributed by atoms with E-state index in [1.54, 1.807) is 13.2 Å². The summed E-state index contributed by atoms with van der Waals surface area (Å²) in [6.45, 7) is 3.01. The number of ether oxygens (including phenoxy) is 1. The van der Waals surface area contributed by atoms with E-state index in [4.69, 9.17) is 9.26 Å². The number of nitrogens with zero attached hydrogens (tertiary/aromatic N) is 3. The highest BCUT2D eigenvalue weighted by molar-refractivity contribution is 6.05. The molecular formula is C18H21N3O3. The summed E-state index contributed by atoms with van der Waals surface area (Å²) >= 11 is 0. The average Bonchev–Trinajstić information content (AvgIpc) is 3.20. The lowest BCUT2D eigenvalue weighted by Gasteiger charge is -2.25. The predicted octanol–water partition coefficient (Wildman–Crippen LogP) is 2.45. The second kappa shape index (κ2) is 6.37. The van der Waals surface area contributed by atoms with E-state index in [-0.39, 0.29) is 5.91 Å². The lowest BCUT2D eigenvalue weighted by atomic mass is 10.1. The first-order valence-electron chi connectivity index (χ1n) is 8.34. The van der Waals surface area contributed by atoms with Crippen LogP contribution < -0.4 is 4.90 Å².